The monoisotopic (exact) mass is 263 g/mol. The standard InChI is InChI=1S/C13H17N3O3/c17-11(18)7-16-6-8(5-14-16)15-13(19)12-9-3-1-2-4-10(9)12/h5-6,9-10,12H,1-4,7H2,(H,15,19)(H,17,18). The molecule has 1 amide bonds. The van der Waals surface area contributed by atoms with Gasteiger partial charge in [-0.05, 0) is 24.7 Å². The average Bonchev–Trinajstić information content (AvgIpc) is 2.95. The molecule has 2 aliphatic carbocycles. The van der Waals surface area contributed by atoms with E-state index in [1.165, 1.54) is 36.6 Å². The summed E-state index contributed by atoms with van der Waals surface area (Å²) in [5, 5.41) is 15.4. The number of aromatic nitrogens is 2. The van der Waals surface area contributed by atoms with Gasteiger partial charge < -0.3 is 10.4 Å². The van der Waals surface area contributed by atoms with Crippen LogP contribution >= 0.6 is 0 Å². The lowest BCUT2D eigenvalue weighted by atomic mass is 10.0. The Balaban J connectivity index is 1.58. The molecule has 2 saturated carbocycles. The van der Waals surface area contributed by atoms with Gasteiger partial charge in [0.25, 0.3) is 0 Å². The number of aliphatic carboxylic acids is 1. The maximum absolute atomic E-state index is 12.1. The third kappa shape index (κ3) is 2.47. The van der Waals surface area contributed by atoms with Crippen molar-refractivity contribution >= 4 is 17.6 Å². The summed E-state index contributed by atoms with van der Waals surface area (Å²) in [7, 11) is 0. The van der Waals surface area contributed by atoms with Crippen molar-refractivity contribution < 1.29 is 14.7 Å². The summed E-state index contributed by atoms with van der Waals surface area (Å²) in [6, 6.07) is 0. The van der Waals surface area contributed by atoms with Crippen LogP contribution in [-0.4, -0.2) is 26.8 Å². The smallest absolute Gasteiger partial charge is 0.325 e. The van der Waals surface area contributed by atoms with E-state index in [0.29, 0.717) is 17.5 Å². The van der Waals surface area contributed by atoms with E-state index in [4.69, 9.17) is 5.11 Å². The first-order valence-electron chi connectivity index (χ1n) is 6.70. The topological polar surface area (TPSA) is 84.2 Å². The third-order valence-corrected chi connectivity index (χ3v) is 4.16. The summed E-state index contributed by atoms with van der Waals surface area (Å²) in [5.41, 5.74) is 0.579. The van der Waals surface area contributed by atoms with Gasteiger partial charge in [0.05, 0.1) is 11.9 Å². The van der Waals surface area contributed by atoms with Crippen LogP contribution in [0.1, 0.15) is 25.7 Å². The molecule has 0 aliphatic heterocycles. The Labute approximate surface area is 110 Å². The van der Waals surface area contributed by atoms with E-state index >= 15 is 0 Å². The van der Waals surface area contributed by atoms with Crippen LogP contribution in [0, 0.1) is 17.8 Å². The summed E-state index contributed by atoms with van der Waals surface area (Å²) >= 11 is 0. The second-order valence-electron chi connectivity index (χ2n) is 5.45. The van der Waals surface area contributed by atoms with E-state index in [0.717, 1.165) is 0 Å². The number of carbonyl (C=O) groups excluding carboxylic acids is 1. The van der Waals surface area contributed by atoms with Crippen LogP contribution in [0.15, 0.2) is 12.4 Å². The van der Waals surface area contributed by atoms with Gasteiger partial charge in [0.1, 0.15) is 6.54 Å². The molecule has 6 heteroatoms. The van der Waals surface area contributed by atoms with Crippen LogP contribution in [0.3, 0.4) is 0 Å². The van der Waals surface area contributed by atoms with Crippen molar-refractivity contribution in [3.8, 4) is 0 Å². The number of anilines is 1. The van der Waals surface area contributed by atoms with Crippen molar-refractivity contribution in [2.45, 2.75) is 32.2 Å². The molecule has 0 radical (unpaired) electrons. The molecule has 19 heavy (non-hydrogen) atoms. The minimum atomic E-state index is -0.950. The zero-order chi connectivity index (χ0) is 13.4. The number of nitrogens with one attached hydrogen (secondary N) is 1. The van der Waals surface area contributed by atoms with E-state index in [-0.39, 0.29) is 18.4 Å². The Bertz CT molecular complexity index is 499. The molecule has 1 aromatic heterocycles. The Kier molecular flexibility index (Phi) is 3.00. The predicted octanol–water partition coefficient (Wildman–Crippen LogP) is 1.34. The van der Waals surface area contributed by atoms with Gasteiger partial charge in [-0.3, -0.25) is 14.3 Å². The Morgan fingerprint density at radius 2 is 2.05 bits per heavy atom. The number of carboxylic acids is 1. The highest BCUT2D eigenvalue weighted by Gasteiger charge is 2.54. The number of amides is 1. The molecule has 0 aromatic carbocycles. The molecular weight excluding hydrogens is 246 g/mol. The Hall–Kier alpha value is -1.85. The van der Waals surface area contributed by atoms with Crippen LogP contribution in [0.2, 0.25) is 0 Å². The normalized spacial score (nSPS) is 28.5. The molecule has 3 rings (SSSR count). The molecule has 2 atom stereocenters. The molecule has 0 bridgehead atoms. The predicted molar refractivity (Wildman–Crippen MR) is 67.4 cm³/mol. The summed E-state index contributed by atoms with van der Waals surface area (Å²) in [5.74, 6) is 0.414. The SMILES string of the molecule is O=C(O)Cn1cc(NC(=O)C2C3CCCCC32)cn1. The van der Waals surface area contributed by atoms with Gasteiger partial charge in [0.2, 0.25) is 5.91 Å². The number of carboxylic acid groups (broad SMARTS) is 1. The number of carbonyl (C=O) groups is 2. The zero-order valence-corrected chi connectivity index (χ0v) is 10.6. The molecule has 1 aromatic rings. The van der Waals surface area contributed by atoms with Crippen LogP contribution in [0.5, 0.6) is 0 Å². The van der Waals surface area contributed by atoms with E-state index in [2.05, 4.69) is 10.4 Å². The first-order chi connectivity index (χ1) is 9.15. The molecule has 1 heterocycles. The van der Waals surface area contributed by atoms with Crippen molar-refractivity contribution in [1.82, 2.24) is 9.78 Å². The molecule has 0 spiro atoms. The van der Waals surface area contributed by atoms with Gasteiger partial charge >= 0.3 is 5.97 Å². The minimum Gasteiger partial charge on any atom is -0.480 e. The summed E-state index contributed by atoms with van der Waals surface area (Å²) in [4.78, 5) is 22.6. The highest BCUT2D eigenvalue weighted by Crippen LogP contribution is 2.55. The fraction of sp³-hybridized carbons (Fsp3) is 0.615. The van der Waals surface area contributed by atoms with Crippen LogP contribution in [0.4, 0.5) is 5.69 Å². The van der Waals surface area contributed by atoms with E-state index in [1.54, 1.807) is 6.20 Å². The van der Waals surface area contributed by atoms with Crippen LogP contribution in [0.25, 0.3) is 0 Å². The molecule has 0 saturated heterocycles. The van der Waals surface area contributed by atoms with Crippen molar-refractivity contribution in [2.75, 3.05) is 5.32 Å². The lowest BCUT2D eigenvalue weighted by Crippen LogP contribution is -2.15. The largest absolute Gasteiger partial charge is 0.480 e. The number of hydrogen-bond donors (Lipinski definition) is 2. The number of rotatable bonds is 4. The van der Waals surface area contributed by atoms with Crippen molar-refractivity contribution in [3.63, 3.8) is 0 Å². The summed E-state index contributed by atoms with van der Waals surface area (Å²) < 4.78 is 1.30. The fourth-order valence-corrected chi connectivity index (χ4v) is 3.26. The van der Waals surface area contributed by atoms with Crippen molar-refractivity contribution in [1.29, 1.82) is 0 Å². The van der Waals surface area contributed by atoms with Gasteiger partial charge in [0, 0.05) is 12.1 Å². The van der Waals surface area contributed by atoms with Gasteiger partial charge in [-0.25, -0.2) is 0 Å². The minimum absolute atomic E-state index is 0.0618. The summed E-state index contributed by atoms with van der Waals surface area (Å²) in [6.07, 6.45) is 7.86. The van der Waals surface area contributed by atoms with Crippen molar-refractivity contribution in [2.24, 2.45) is 17.8 Å². The molecular formula is C13H17N3O3. The first-order valence-corrected chi connectivity index (χ1v) is 6.70. The quantitative estimate of drug-likeness (QED) is 0.858. The zero-order valence-electron chi connectivity index (χ0n) is 10.6. The fourth-order valence-electron chi connectivity index (χ4n) is 3.26. The number of fused-ring (bicyclic) bond motifs is 1. The lowest BCUT2D eigenvalue weighted by molar-refractivity contribution is -0.137. The maximum Gasteiger partial charge on any atom is 0.325 e. The highest BCUT2D eigenvalue weighted by molar-refractivity contribution is 5.94. The van der Waals surface area contributed by atoms with Gasteiger partial charge in [0.15, 0.2) is 0 Å². The molecule has 6 nitrogen and oxygen atoms in total. The first kappa shape index (κ1) is 12.2. The Morgan fingerprint density at radius 3 is 2.68 bits per heavy atom. The van der Waals surface area contributed by atoms with Gasteiger partial charge in [-0.2, -0.15) is 5.10 Å². The van der Waals surface area contributed by atoms with Gasteiger partial charge in [-0.15, -0.1) is 0 Å². The highest BCUT2D eigenvalue weighted by atomic mass is 16.4. The van der Waals surface area contributed by atoms with Gasteiger partial charge in [-0.1, -0.05) is 12.8 Å². The average molecular weight is 263 g/mol. The van der Waals surface area contributed by atoms with Crippen LogP contribution < -0.4 is 5.32 Å². The number of nitrogens with zero attached hydrogens (tertiary/aromatic N) is 2. The van der Waals surface area contributed by atoms with Crippen LogP contribution in [-0.2, 0) is 16.1 Å². The molecule has 102 valence electrons. The molecule has 2 unspecified atom stereocenters. The molecule has 2 aliphatic rings. The maximum atomic E-state index is 12.1. The lowest BCUT2D eigenvalue weighted by Gasteiger charge is -2.04. The van der Waals surface area contributed by atoms with Crippen molar-refractivity contribution in [3.05, 3.63) is 12.4 Å². The third-order valence-electron chi connectivity index (χ3n) is 4.16. The van der Waals surface area contributed by atoms with E-state index in [9.17, 15) is 9.59 Å². The van der Waals surface area contributed by atoms with E-state index in [1.807, 2.05) is 0 Å². The number of hydrogen-bond acceptors (Lipinski definition) is 3. The summed E-state index contributed by atoms with van der Waals surface area (Å²) in [6.45, 7) is -0.190. The molecule has 2 fully saturated rings. The molecule has 2 N–H and O–H groups in total. The second kappa shape index (κ2) is 4.68. The second-order valence-corrected chi connectivity index (χ2v) is 5.45. The van der Waals surface area contributed by atoms with E-state index < -0.39 is 5.97 Å². The Morgan fingerprint density at radius 1 is 1.37 bits per heavy atom.